The molecule has 0 saturated carbocycles. The van der Waals surface area contributed by atoms with E-state index in [1.54, 1.807) is 39.8 Å². The Morgan fingerprint density at radius 1 is 1.00 bits per heavy atom. The van der Waals surface area contributed by atoms with E-state index < -0.39 is 29.7 Å². The molecule has 200 valence electrons. The van der Waals surface area contributed by atoms with E-state index in [1.807, 2.05) is 42.5 Å². The fraction of sp³-hybridized carbons (Fsp3) is 0.464. The standard InChI is InChI=1S/C28H37N3O6/c1-20(36-19-21-8-6-5-7-9-21)25(30-27(34)37-28(2,3)4)26(33)29-18-24(32)22-10-12-23(13-11-22)31-14-16-35-17-15-31/h5-13,20,25H,14-19H2,1-4H3,(H,29,33)(H,30,34)/t20-,25+/m1/s1. The van der Waals surface area contributed by atoms with Gasteiger partial charge in [-0.3, -0.25) is 9.59 Å². The van der Waals surface area contributed by atoms with Gasteiger partial charge in [-0.25, -0.2) is 4.79 Å². The zero-order valence-corrected chi connectivity index (χ0v) is 22.0. The first-order valence-corrected chi connectivity index (χ1v) is 12.5. The molecular formula is C28H37N3O6. The molecule has 2 aromatic carbocycles. The van der Waals surface area contributed by atoms with Gasteiger partial charge in [-0.15, -0.1) is 0 Å². The Balaban J connectivity index is 1.60. The van der Waals surface area contributed by atoms with Gasteiger partial charge in [0.05, 0.1) is 32.5 Å². The van der Waals surface area contributed by atoms with Crippen molar-refractivity contribution < 1.29 is 28.6 Å². The van der Waals surface area contributed by atoms with Crippen LogP contribution < -0.4 is 15.5 Å². The molecule has 9 heteroatoms. The van der Waals surface area contributed by atoms with Gasteiger partial charge in [0.15, 0.2) is 5.78 Å². The third-order valence-corrected chi connectivity index (χ3v) is 5.77. The number of carbonyl (C=O) groups is 3. The smallest absolute Gasteiger partial charge is 0.408 e. The Bertz CT molecular complexity index is 1030. The van der Waals surface area contributed by atoms with Crippen molar-refractivity contribution in [3.63, 3.8) is 0 Å². The van der Waals surface area contributed by atoms with Crippen LogP contribution in [0.25, 0.3) is 0 Å². The zero-order valence-electron chi connectivity index (χ0n) is 22.0. The van der Waals surface area contributed by atoms with Crippen LogP contribution in [-0.4, -0.2) is 68.4 Å². The van der Waals surface area contributed by atoms with Crippen molar-refractivity contribution in [2.45, 2.75) is 52.0 Å². The van der Waals surface area contributed by atoms with Crippen LogP contribution in [0, 0.1) is 0 Å². The fourth-order valence-electron chi connectivity index (χ4n) is 3.79. The number of hydrogen-bond acceptors (Lipinski definition) is 7. The van der Waals surface area contributed by atoms with E-state index >= 15 is 0 Å². The highest BCUT2D eigenvalue weighted by Crippen LogP contribution is 2.17. The first-order valence-electron chi connectivity index (χ1n) is 12.5. The largest absolute Gasteiger partial charge is 0.444 e. The van der Waals surface area contributed by atoms with Gasteiger partial charge < -0.3 is 29.7 Å². The number of benzene rings is 2. The van der Waals surface area contributed by atoms with Crippen molar-refractivity contribution in [2.24, 2.45) is 0 Å². The molecule has 1 aliphatic heterocycles. The van der Waals surface area contributed by atoms with Crippen molar-refractivity contribution in [3.8, 4) is 0 Å². The summed E-state index contributed by atoms with van der Waals surface area (Å²) in [5.41, 5.74) is 1.71. The molecule has 0 bridgehead atoms. The summed E-state index contributed by atoms with van der Waals surface area (Å²) in [6.07, 6.45) is -1.43. The lowest BCUT2D eigenvalue weighted by Crippen LogP contribution is -2.54. The average Bonchev–Trinajstić information content (AvgIpc) is 2.89. The maximum Gasteiger partial charge on any atom is 0.408 e. The van der Waals surface area contributed by atoms with Gasteiger partial charge in [-0.05, 0) is 57.5 Å². The molecule has 1 fully saturated rings. The number of morpholine rings is 1. The van der Waals surface area contributed by atoms with E-state index in [-0.39, 0.29) is 18.9 Å². The number of ketones is 1. The summed E-state index contributed by atoms with van der Waals surface area (Å²) < 4.78 is 16.6. The van der Waals surface area contributed by atoms with E-state index in [0.29, 0.717) is 18.8 Å². The first kappa shape index (κ1) is 28.1. The number of ether oxygens (including phenoxy) is 3. The van der Waals surface area contributed by atoms with E-state index in [9.17, 15) is 14.4 Å². The van der Waals surface area contributed by atoms with Gasteiger partial charge in [0, 0.05) is 24.3 Å². The molecule has 3 rings (SSSR count). The highest BCUT2D eigenvalue weighted by Gasteiger charge is 2.30. The number of alkyl carbamates (subject to hydrolysis) is 1. The molecule has 0 radical (unpaired) electrons. The monoisotopic (exact) mass is 511 g/mol. The molecule has 2 N–H and O–H groups in total. The van der Waals surface area contributed by atoms with Crippen LogP contribution in [0.5, 0.6) is 0 Å². The number of Topliss-reactive ketones (excluding diaryl/α,β-unsaturated/α-hetero) is 1. The molecule has 1 aliphatic rings. The van der Waals surface area contributed by atoms with E-state index in [4.69, 9.17) is 14.2 Å². The highest BCUT2D eigenvalue weighted by molar-refractivity contribution is 6.00. The lowest BCUT2D eigenvalue weighted by molar-refractivity contribution is -0.127. The second kappa shape index (κ2) is 13.2. The third kappa shape index (κ3) is 9.18. The predicted molar refractivity (Wildman–Crippen MR) is 141 cm³/mol. The molecule has 1 heterocycles. The van der Waals surface area contributed by atoms with Crippen molar-refractivity contribution in [2.75, 3.05) is 37.7 Å². The second-order valence-electron chi connectivity index (χ2n) is 9.91. The number of nitrogens with one attached hydrogen (secondary N) is 2. The number of hydrogen-bond donors (Lipinski definition) is 2. The lowest BCUT2D eigenvalue weighted by Gasteiger charge is -2.28. The topological polar surface area (TPSA) is 106 Å². The minimum Gasteiger partial charge on any atom is -0.444 e. The van der Waals surface area contributed by atoms with Crippen LogP contribution >= 0.6 is 0 Å². The van der Waals surface area contributed by atoms with E-state index in [2.05, 4.69) is 15.5 Å². The Labute approximate surface area is 218 Å². The molecular weight excluding hydrogens is 474 g/mol. The summed E-state index contributed by atoms with van der Waals surface area (Å²) in [5.74, 6) is -0.777. The number of anilines is 1. The number of rotatable bonds is 10. The minimum atomic E-state index is -1.06. The summed E-state index contributed by atoms with van der Waals surface area (Å²) in [6.45, 7) is 9.91. The zero-order chi connectivity index (χ0) is 26.8. The van der Waals surface area contributed by atoms with Gasteiger partial charge in [-0.2, -0.15) is 0 Å². The van der Waals surface area contributed by atoms with Crippen LogP contribution in [-0.2, 0) is 25.6 Å². The van der Waals surface area contributed by atoms with Gasteiger partial charge >= 0.3 is 6.09 Å². The maximum atomic E-state index is 13.1. The molecule has 0 aliphatic carbocycles. The third-order valence-electron chi connectivity index (χ3n) is 5.77. The summed E-state index contributed by atoms with van der Waals surface area (Å²) in [7, 11) is 0. The Morgan fingerprint density at radius 3 is 2.27 bits per heavy atom. The van der Waals surface area contributed by atoms with Crippen LogP contribution in [0.15, 0.2) is 54.6 Å². The predicted octanol–water partition coefficient (Wildman–Crippen LogP) is 3.32. The Kier molecular flexibility index (Phi) is 10.0. The Morgan fingerprint density at radius 2 is 1.65 bits per heavy atom. The minimum absolute atomic E-state index is 0.215. The molecule has 2 atom stereocenters. The molecule has 0 unspecified atom stereocenters. The maximum absolute atomic E-state index is 13.1. The Hall–Kier alpha value is -3.43. The van der Waals surface area contributed by atoms with Crippen LogP contribution in [0.3, 0.4) is 0 Å². The van der Waals surface area contributed by atoms with Crippen molar-refractivity contribution in [1.82, 2.24) is 10.6 Å². The molecule has 2 amide bonds. The molecule has 1 saturated heterocycles. The highest BCUT2D eigenvalue weighted by atomic mass is 16.6. The molecule has 37 heavy (non-hydrogen) atoms. The van der Waals surface area contributed by atoms with Gasteiger partial charge in [0.25, 0.3) is 0 Å². The number of nitrogens with zero attached hydrogens (tertiary/aromatic N) is 1. The summed E-state index contributed by atoms with van der Waals surface area (Å²) in [6, 6.07) is 15.7. The first-order chi connectivity index (χ1) is 17.6. The number of carbonyl (C=O) groups excluding carboxylic acids is 3. The van der Waals surface area contributed by atoms with Crippen LogP contribution in [0.1, 0.15) is 43.6 Å². The van der Waals surface area contributed by atoms with E-state index in [1.165, 1.54) is 0 Å². The quantitative estimate of drug-likeness (QED) is 0.472. The normalized spacial score (nSPS) is 15.4. The summed E-state index contributed by atoms with van der Waals surface area (Å²) in [4.78, 5) is 40.4. The average molecular weight is 512 g/mol. The van der Waals surface area contributed by atoms with Crippen molar-refractivity contribution >= 4 is 23.5 Å². The van der Waals surface area contributed by atoms with Gasteiger partial charge in [0.2, 0.25) is 5.91 Å². The molecule has 0 aromatic heterocycles. The SMILES string of the molecule is C[C@@H](OCc1ccccc1)[C@H](NC(=O)OC(C)(C)C)C(=O)NCC(=O)c1ccc(N2CCOCC2)cc1. The lowest BCUT2D eigenvalue weighted by atomic mass is 10.1. The van der Waals surface area contributed by atoms with Gasteiger partial charge in [-0.1, -0.05) is 30.3 Å². The second-order valence-corrected chi connectivity index (χ2v) is 9.91. The van der Waals surface area contributed by atoms with Crippen LogP contribution in [0.2, 0.25) is 0 Å². The fourth-order valence-corrected chi connectivity index (χ4v) is 3.79. The van der Waals surface area contributed by atoms with Crippen molar-refractivity contribution in [3.05, 3.63) is 65.7 Å². The van der Waals surface area contributed by atoms with Gasteiger partial charge in [0.1, 0.15) is 11.6 Å². The number of amides is 2. The molecule has 2 aromatic rings. The summed E-state index contributed by atoms with van der Waals surface area (Å²) >= 11 is 0. The van der Waals surface area contributed by atoms with E-state index in [0.717, 1.165) is 24.3 Å². The molecule has 9 nitrogen and oxygen atoms in total. The molecule has 0 spiro atoms. The summed E-state index contributed by atoms with van der Waals surface area (Å²) in [5, 5.41) is 5.23. The van der Waals surface area contributed by atoms with Crippen LogP contribution in [0.4, 0.5) is 10.5 Å². The van der Waals surface area contributed by atoms with Crippen molar-refractivity contribution in [1.29, 1.82) is 0 Å².